The maximum atomic E-state index is 13.2. The molecule has 0 atom stereocenters. The number of anilines is 2. The molecule has 4 aromatic rings. The lowest BCUT2D eigenvalue weighted by molar-refractivity contribution is 0.628. The summed E-state index contributed by atoms with van der Waals surface area (Å²) in [6, 6.07) is 7.91. The molecule has 8 nitrogen and oxygen atoms in total. The number of halogens is 1. The molecule has 0 aliphatic carbocycles. The molecule has 3 heterocycles. The first-order valence-corrected chi connectivity index (χ1v) is 9.18. The second-order valence-electron chi connectivity index (χ2n) is 6.68. The Bertz CT molecular complexity index is 1220. The van der Waals surface area contributed by atoms with Gasteiger partial charge in [-0.15, -0.1) is 0 Å². The van der Waals surface area contributed by atoms with Crippen molar-refractivity contribution in [1.29, 1.82) is 0 Å². The Balaban J connectivity index is 1.67. The summed E-state index contributed by atoms with van der Waals surface area (Å²) in [6.45, 7) is 5.61. The Morgan fingerprint density at radius 2 is 1.93 bits per heavy atom. The van der Waals surface area contributed by atoms with Crippen LogP contribution in [0.1, 0.15) is 23.7 Å². The Morgan fingerprint density at radius 3 is 2.59 bits per heavy atom. The van der Waals surface area contributed by atoms with Crippen LogP contribution in [0.25, 0.3) is 17.1 Å². The van der Waals surface area contributed by atoms with Crippen LogP contribution in [-0.2, 0) is 6.42 Å². The van der Waals surface area contributed by atoms with Crippen LogP contribution in [0.4, 0.5) is 16.0 Å². The first kappa shape index (κ1) is 18.6. The van der Waals surface area contributed by atoms with Crippen molar-refractivity contribution < 1.29 is 4.39 Å². The molecular weight excluding hydrogens is 373 g/mol. The fourth-order valence-corrected chi connectivity index (χ4v) is 3.12. The van der Waals surface area contributed by atoms with Crippen LogP contribution in [-0.4, -0.2) is 29.9 Å². The van der Waals surface area contributed by atoms with E-state index in [1.165, 1.54) is 23.1 Å². The van der Waals surface area contributed by atoms with Gasteiger partial charge in [-0.25, -0.2) is 19.0 Å². The van der Waals surface area contributed by atoms with Gasteiger partial charge in [0.05, 0.1) is 5.69 Å². The monoisotopic (exact) mass is 393 g/mol. The van der Waals surface area contributed by atoms with Crippen LogP contribution in [0.5, 0.6) is 0 Å². The van der Waals surface area contributed by atoms with Crippen molar-refractivity contribution in [3.05, 3.63) is 69.7 Å². The van der Waals surface area contributed by atoms with Crippen molar-refractivity contribution in [2.75, 3.05) is 5.32 Å². The predicted octanol–water partition coefficient (Wildman–Crippen LogP) is 3.41. The molecule has 29 heavy (non-hydrogen) atoms. The third-order valence-electron chi connectivity index (χ3n) is 4.85. The standard InChI is InChI=1S/C20H20FN7O/c1-4-15-18(13-5-7-14(21)8-6-13)25-26-19(15)24-16-9-17(23-10-22-16)28-20(29)11(2)12(3)27-28/h5-10,27H,4H2,1-3H3,(H2,22,23,24,25,26). The first-order valence-electron chi connectivity index (χ1n) is 9.18. The summed E-state index contributed by atoms with van der Waals surface area (Å²) in [5.41, 5.74) is 3.88. The minimum Gasteiger partial charge on any atom is -0.323 e. The summed E-state index contributed by atoms with van der Waals surface area (Å²) >= 11 is 0. The Morgan fingerprint density at radius 1 is 1.17 bits per heavy atom. The van der Waals surface area contributed by atoms with Crippen molar-refractivity contribution in [2.45, 2.75) is 27.2 Å². The zero-order valence-electron chi connectivity index (χ0n) is 16.2. The second-order valence-corrected chi connectivity index (χ2v) is 6.68. The van der Waals surface area contributed by atoms with E-state index in [0.717, 1.165) is 22.5 Å². The number of benzene rings is 1. The fraction of sp³-hybridized carbons (Fsp3) is 0.200. The summed E-state index contributed by atoms with van der Waals surface area (Å²) < 4.78 is 14.6. The largest absolute Gasteiger partial charge is 0.323 e. The molecule has 0 aliphatic heterocycles. The zero-order valence-corrected chi connectivity index (χ0v) is 16.2. The van der Waals surface area contributed by atoms with E-state index in [-0.39, 0.29) is 11.4 Å². The van der Waals surface area contributed by atoms with Crippen molar-refractivity contribution in [1.82, 2.24) is 29.9 Å². The molecule has 148 valence electrons. The van der Waals surface area contributed by atoms with E-state index in [9.17, 15) is 9.18 Å². The molecule has 0 unspecified atom stereocenters. The highest BCUT2D eigenvalue weighted by Gasteiger charge is 2.15. The molecule has 0 spiro atoms. The molecule has 0 bridgehead atoms. The number of rotatable bonds is 5. The van der Waals surface area contributed by atoms with E-state index < -0.39 is 0 Å². The van der Waals surface area contributed by atoms with Crippen molar-refractivity contribution >= 4 is 11.6 Å². The van der Waals surface area contributed by atoms with E-state index in [1.54, 1.807) is 25.1 Å². The lowest BCUT2D eigenvalue weighted by Gasteiger charge is -2.07. The van der Waals surface area contributed by atoms with E-state index in [2.05, 4.69) is 30.6 Å². The van der Waals surface area contributed by atoms with Gasteiger partial charge in [-0.1, -0.05) is 6.92 Å². The number of nitrogens with one attached hydrogen (secondary N) is 3. The molecule has 3 aromatic heterocycles. The number of aryl methyl sites for hydroxylation is 1. The van der Waals surface area contributed by atoms with E-state index in [1.807, 2.05) is 13.8 Å². The molecule has 3 N–H and O–H groups in total. The molecular formula is C20H20FN7O. The molecule has 0 amide bonds. The molecule has 0 saturated carbocycles. The third-order valence-corrected chi connectivity index (χ3v) is 4.85. The highest BCUT2D eigenvalue weighted by molar-refractivity contribution is 5.71. The highest BCUT2D eigenvalue weighted by atomic mass is 19.1. The highest BCUT2D eigenvalue weighted by Crippen LogP contribution is 2.29. The van der Waals surface area contributed by atoms with Crippen LogP contribution in [0.3, 0.4) is 0 Å². The van der Waals surface area contributed by atoms with Gasteiger partial charge in [0.25, 0.3) is 5.56 Å². The van der Waals surface area contributed by atoms with Gasteiger partial charge in [0.1, 0.15) is 18.0 Å². The maximum absolute atomic E-state index is 13.2. The number of H-pyrrole nitrogens is 2. The molecule has 0 aliphatic rings. The third kappa shape index (κ3) is 3.42. The molecule has 4 rings (SSSR count). The van der Waals surface area contributed by atoms with Gasteiger partial charge in [0.15, 0.2) is 11.6 Å². The zero-order chi connectivity index (χ0) is 20.5. The van der Waals surface area contributed by atoms with Crippen LogP contribution in [0.15, 0.2) is 41.5 Å². The average molecular weight is 393 g/mol. The van der Waals surface area contributed by atoms with Gasteiger partial charge in [-0.2, -0.15) is 5.10 Å². The SMILES string of the molecule is CCc1c(Nc2cc(-n3[nH]c(C)c(C)c3=O)ncn2)n[nH]c1-c1ccc(F)cc1. The van der Waals surface area contributed by atoms with Gasteiger partial charge >= 0.3 is 0 Å². The van der Waals surface area contributed by atoms with Crippen molar-refractivity contribution in [3.8, 4) is 17.1 Å². The number of nitrogens with zero attached hydrogens (tertiary/aromatic N) is 4. The van der Waals surface area contributed by atoms with Gasteiger partial charge in [0, 0.05) is 28.5 Å². The fourth-order valence-electron chi connectivity index (χ4n) is 3.12. The topological polar surface area (TPSA) is 104 Å². The summed E-state index contributed by atoms with van der Waals surface area (Å²) in [5, 5.41) is 13.5. The van der Waals surface area contributed by atoms with Crippen molar-refractivity contribution in [2.24, 2.45) is 0 Å². The summed E-state index contributed by atoms with van der Waals surface area (Å²) in [5.74, 6) is 1.25. The van der Waals surface area contributed by atoms with Gasteiger partial charge in [-0.3, -0.25) is 15.0 Å². The Labute approximate surface area is 165 Å². The minimum atomic E-state index is -0.289. The van der Waals surface area contributed by atoms with Gasteiger partial charge < -0.3 is 5.32 Å². The van der Waals surface area contributed by atoms with E-state index in [0.29, 0.717) is 29.4 Å². The van der Waals surface area contributed by atoms with Crippen LogP contribution < -0.4 is 10.9 Å². The lowest BCUT2D eigenvalue weighted by Crippen LogP contribution is -2.17. The molecule has 9 heteroatoms. The maximum Gasteiger partial charge on any atom is 0.275 e. The number of aromatic amines is 2. The lowest BCUT2D eigenvalue weighted by atomic mass is 10.1. The molecule has 0 saturated heterocycles. The Kier molecular flexibility index (Phi) is 4.71. The average Bonchev–Trinajstić information content (AvgIpc) is 3.24. The van der Waals surface area contributed by atoms with Crippen molar-refractivity contribution in [3.63, 3.8) is 0 Å². The minimum absolute atomic E-state index is 0.153. The normalized spacial score (nSPS) is 11.0. The predicted molar refractivity (Wildman–Crippen MR) is 108 cm³/mol. The quantitative estimate of drug-likeness (QED) is 0.482. The smallest absolute Gasteiger partial charge is 0.275 e. The first-order chi connectivity index (χ1) is 14.0. The number of aromatic nitrogens is 6. The van der Waals surface area contributed by atoms with Gasteiger partial charge in [-0.05, 0) is 44.5 Å². The summed E-state index contributed by atoms with van der Waals surface area (Å²) in [4.78, 5) is 20.8. The van der Waals surface area contributed by atoms with Gasteiger partial charge in [0.2, 0.25) is 0 Å². The summed E-state index contributed by atoms with van der Waals surface area (Å²) in [6.07, 6.45) is 2.09. The second kappa shape index (κ2) is 7.34. The number of hydrogen-bond acceptors (Lipinski definition) is 5. The van der Waals surface area contributed by atoms with Crippen LogP contribution in [0, 0.1) is 19.7 Å². The van der Waals surface area contributed by atoms with Crippen LogP contribution >= 0.6 is 0 Å². The molecule has 1 aromatic carbocycles. The molecule has 0 fully saturated rings. The van der Waals surface area contributed by atoms with E-state index in [4.69, 9.17) is 0 Å². The Hall–Kier alpha value is -3.75. The molecule has 0 radical (unpaired) electrons. The van der Waals surface area contributed by atoms with Crippen LogP contribution in [0.2, 0.25) is 0 Å². The summed E-state index contributed by atoms with van der Waals surface area (Å²) in [7, 11) is 0. The number of hydrogen-bond donors (Lipinski definition) is 3. The van der Waals surface area contributed by atoms with E-state index >= 15 is 0 Å².